The third kappa shape index (κ3) is 2.90. The molecule has 2 aliphatic rings. The molecule has 7 heteroatoms. The number of carbonyl (C=O) groups is 1. The van der Waals surface area contributed by atoms with Crippen LogP contribution in [0.15, 0.2) is 17.8 Å². The van der Waals surface area contributed by atoms with E-state index < -0.39 is 0 Å². The molecule has 3 heterocycles. The SMILES string of the molecule is Cc1csc(C(NC2CCN(c3cnn(C)c3)C2=O)C2CC2)n1. The lowest BCUT2D eigenvalue weighted by Gasteiger charge is -2.21. The maximum absolute atomic E-state index is 12.7. The first kappa shape index (κ1) is 14.8. The van der Waals surface area contributed by atoms with Gasteiger partial charge in [-0.15, -0.1) is 11.3 Å². The Kier molecular flexibility index (Phi) is 3.69. The average molecular weight is 331 g/mol. The summed E-state index contributed by atoms with van der Waals surface area (Å²) < 4.78 is 1.73. The second-order valence-corrected chi connectivity index (χ2v) is 7.40. The highest BCUT2D eigenvalue weighted by Gasteiger charge is 2.40. The summed E-state index contributed by atoms with van der Waals surface area (Å²) in [6.45, 7) is 2.77. The Balaban J connectivity index is 1.49. The van der Waals surface area contributed by atoms with Crippen LogP contribution in [0.25, 0.3) is 0 Å². The van der Waals surface area contributed by atoms with Gasteiger partial charge in [-0.3, -0.25) is 14.8 Å². The fourth-order valence-corrected chi connectivity index (χ4v) is 4.16. The molecule has 4 rings (SSSR count). The molecule has 0 radical (unpaired) electrons. The first-order valence-electron chi connectivity index (χ1n) is 8.10. The number of hydrogen-bond acceptors (Lipinski definition) is 5. The van der Waals surface area contributed by atoms with Crippen molar-refractivity contribution in [2.45, 2.75) is 38.3 Å². The van der Waals surface area contributed by atoms with Gasteiger partial charge in [0.2, 0.25) is 5.91 Å². The van der Waals surface area contributed by atoms with Crippen LogP contribution < -0.4 is 10.2 Å². The zero-order chi connectivity index (χ0) is 16.0. The second-order valence-electron chi connectivity index (χ2n) is 6.51. The molecule has 0 bridgehead atoms. The Morgan fingerprint density at radius 2 is 2.22 bits per heavy atom. The zero-order valence-electron chi connectivity index (χ0n) is 13.4. The summed E-state index contributed by atoms with van der Waals surface area (Å²) in [5.41, 5.74) is 1.95. The van der Waals surface area contributed by atoms with E-state index >= 15 is 0 Å². The maximum atomic E-state index is 12.7. The minimum absolute atomic E-state index is 0.120. The van der Waals surface area contributed by atoms with Gasteiger partial charge in [-0.25, -0.2) is 4.98 Å². The standard InChI is InChI=1S/C16H21N5OS/c1-10-9-23-15(18-10)14(11-3-4-11)19-13-5-6-21(16(13)22)12-7-17-20(2)8-12/h7-9,11,13-14,19H,3-6H2,1-2H3. The topological polar surface area (TPSA) is 63.1 Å². The molecule has 1 aliphatic heterocycles. The third-order valence-corrected chi connectivity index (χ3v) is 5.63. The number of nitrogens with one attached hydrogen (secondary N) is 1. The number of thiazole rings is 1. The van der Waals surface area contributed by atoms with Crippen molar-refractivity contribution in [3.05, 3.63) is 28.5 Å². The number of rotatable bonds is 5. The van der Waals surface area contributed by atoms with Crippen molar-refractivity contribution in [3.63, 3.8) is 0 Å². The Morgan fingerprint density at radius 3 is 2.83 bits per heavy atom. The number of nitrogens with zero attached hydrogens (tertiary/aromatic N) is 4. The molecule has 0 spiro atoms. The summed E-state index contributed by atoms with van der Waals surface area (Å²) in [5, 5.41) is 11.0. The molecule has 6 nitrogen and oxygen atoms in total. The van der Waals surface area contributed by atoms with Gasteiger partial charge >= 0.3 is 0 Å². The Hall–Kier alpha value is -1.73. The molecule has 1 amide bonds. The van der Waals surface area contributed by atoms with Gasteiger partial charge in [0, 0.05) is 30.9 Å². The number of aromatic nitrogens is 3. The van der Waals surface area contributed by atoms with E-state index in [0.29, 0.717) is 5.92 Å². The normalized spacial score (nSPS) is 22.8. The van der Waals surface area contributed by atoms with Gasteiger partial charge < -0.3 is 4.90 Å². The van der Waals surface area contributed by atoms with Crippen molar-refractivity contribution in [2.24, 2.45) is 13.0 Å². The van der Waals surface area contributed by atoms with Crippen molar-refractivity contribution >= 4 is 22.9 Å². The van der Waals surface area contributed by atoms with Gasteiger partial charge in [-0.1, -0.05) is 0 Å². The van der Waals surface area contributed by atoms with Crippen LogP contribution in [0.4, 0.5) is 5.69 Å². The fourth-order valence-electron chi connectivity index (χ4n) is 3.21. The molecule has 1 saturated heterocycles. The Labute approximate surface area is 139 Å². The summed E-state index contributed by atoms with van der Waals surface area (Å²) in [4.78, 5) is 19.2. The molecular weight excluding hydrogens is 310 g/mol. The second kappa shape index (κ2) is 5.72. The Morgan fingerprint density at radius 1 is 1.39 bits per heavy atom. The quantitative estimate of drug-likeness (QED) is 0.910. The highest BCUT2D eigenvalue weighted by Crippen LogP contribution is 2.42. The summed E-state index contributed by atoms with van der Waals surface area (Å²) in [5.74, 6) is 0.776. The maximum Gasteiger partial charge on any atom is 0.244 e. The molecule has 0 aromatic carbocycles. The van der Waals surface area contributed by atoms with Gasteiger partial charge in [0.25, 0.3) is 0 Å². The van der Waals surface area contributed by atoms with E-state index in [-0.39, 0.29) is 18.0 Å². The van der Waals surface area contributed by atoms with Crippen molar-refractivity contribution < 1.29 is 4.79 Å². The average Bonchev–Trinajstić information content (AvgIpc) is 2.96. The molecule has 1 aliphatic carbocycles. The molecule has 1 saturated carbocycles. The molecule has 2 unspecified atom stereocenters. The summed E-state index contributed by atoms with van der Waals surface area (Å²) in [7, 11) is 1.87. The van der Waals surface area contributed by atoms with Gasteiger partial charge in [0.1, 0.15) is 5.01 Å². The van der Waals surface area contributed by atoms with Crippen molar-refractivity contribution in [2.75, 3.05) is 11.4 Å². The van der Waals surface area contributed by atoms with E-state index in [4.69, 9.17) is 0 Å². The van der Waals surface area contributed by atoms with Crippen molar-refractivity contribution in [1.82, 2.24) is 20.1 Å². The molecule has 122 valence electrons. The van der Waals surface area contributed by atoms with Crippen LogP contribution >= 0.6 is 11.3 Å². The lowest BCUT2D eigenvalue weighted by Crippen LogP contribution is -2.40. The van der Waals surface area contributed by atoms with Crippen LogP contribution in [0.2, 0.25) is 0 Å². The van der Waals surface area contributed by atoms with E-state index in [1.165, 1.54) is 12.8 Å². The van der Waals surface area contributed by atoms with E-state index in [1.807, 2.05) is 25.1 Å². The molecule has 2 atom stereocenters. The van der Waals surface area contributed by atoms with E-state index in [9.17, 15) is 4.79 Å². The minimum atomic E-state index is -0.120. The highest BCUT2D eigenvalue weighted by atomic mass is 32.1. The molecular formula is C16H21N5OS. The molecule has 2 fully saturated rings. The number of amides is 1. The number of carbonyl (C=O) groups excluding carboxylic acids is 1. The van der Waals surface area contributed by atoms with Crippen LogP contribution in [0.5, 0.6) is 0 Å². The van der Waals surface area contributed by atoms with Crippen LogP contribution in [0.3, 0.4) is 0 Å². The van der Waals surface area contributed by atoms with Crippen molar-refractivity contribution in [1.29, 1.82) is 0 Å². The first-order valence-corrected chi connectivity index (χ1v) is 8.98. The van der Waals surface area contributed by atoms with Gasteiger partial charge in [0.15, 0.2) is 0 Å². The lowest BCUT2D eigenvalue weighted by molar-refractivity contribution is -0.119. The first-order chi connectivity index (χ1) is 11.1. The van der Waals surface area contributed by atoms with Gasteiger partial charge in [-0.05, 0) is 32.1 Å². The lowest BCUT2D eigenvalue weighted by atomic mass is 10.1. The molecule has 2 aromatic heterocycles. The summed E-state index contributed by atoms with van der Waals surface area (Å²) >= 11 is 1.70. The fraction of sp³-hybridized carbons (Fsp3) is 0.562. The van der Waals surface area contributed by atoms with Crippen LogP contribution in [0.1, 0.15) is 36.0 Å². The highest BCUT2D eigenvalue weighted by molar-refractivity contribution is 7.09. The number of aryl methyl sites for hydroxylation is 2. The van der Waals surface area contributed by atoms with Gasteiger partial charge in [0.05, 0.1) is 24.0 Å². The van der Waals surface area contributed by atoms with E-state index in [0.717, 1.165) is 29.4 Å². The smallest absolute Gasteiger partial charge is 0.244 e. The minimum Gasteiger partial charge on any atom is -0.308 e. The van der Waals surface area contributed by atoms with Crippen LogP contribution in [-0.4, -0.2) is 33.3 Å². The summed E-state index contributed by atoms with van der Waals surface area (Å²) in [6, 6.07) is 0.0986. The van der Waals surface area contributed by atoms with Crippen molar-refractivity contribution in [3.8, 4) is 0 Å². The number of hydrogen-bond donors (Lipinski definition) is 1. The molecule has 23 heavy (non-hydrogen) atoms. The molecule has 2 aromatic rings. The molecule has 1 N–H and O–H groups in total. The summed E-state index contributed by atoms with van der Waals surface area (Å²) in [6.07, 6.45) is 6.93. The predicted molar refractivity (Wildman–Crippen MR) is 89.4 cm³/mol. The third-order valence-electron chi connectivity index (χ3n) is 4.59. The predicted octanol–water partition coefficient (Wildman–Crippen LogP) is 2.03. The zero-order valence-corrected chi connectivity index (χ0v) is 14.2. The van der Waals surface area contributed by atoms with E-state index in [1.54, 1.807) is 22.2 Å². The largest absolute Gasteiger partial charge is 0.308 e. The van der Waals surface area contributed by atoms with E-state index in [2.05, 4.69) is 20.8 Å². The van der Waals surface area contributed by atoms with Crippen LogP contribution in [0, 0.1) is 12.8 Å². The number of anilines is 1. The van der Waals surface area contributed by atoms with Gasteiger partial charge in [-0.2, -0.15) is 5.10 Å². The monoisotopic (exact) mass is 331 g/mol. The van der Waals surface area contributed by atoms with Crippen LogP contribution in [-0.2, 0) is 11.8 Å². The Bertz CT molecular complexity index is 720.